The van der Waals surface area contributed by atoms with Crippen LogP contribution in [0.2, 0.25) is 0 Å². The van der Waals surface area contributed by atoms with Gasteiger partial charge in [0.25, 0.3) is 15.9 Å². The molecule has 0 spiro atoms. The summed E-state index contributed by atoms with van der Waals surface area (Å²) in [5.41, 5.74) is 0.891. The number of sulfonamides is 1. The average molecular weight is 440 g/mol. The summed E-state index contributed by atoms with van der Waals surface area (Å²) < 4.78 is 36.7. The standard InChI is InChI=1S/C22H20N2O6S/c1-29-17-10-8-16(9-11-17)13-23(14-18-5-4-12-30-18)21(25)15-24-22(26)19-6-2-3-7-20(19)31(24,27)28/h2-12H,13-15H2,1H3. The number of hydrogen-bond acceptors (Lipinski definition) is 6. The lowest BCUT2D eigenvalue weighted by molar-refractivity contribution is -0.132. The van der Waals surface area contributed by atoms with Crippen molar-refractivity contribution in [2.75, 3.05) is 13.7 Å². The van der Waals surface area contributed by atoms with Gasteiger partial charge in [-0.15, -0.1) is 0 Å². The number of hydrogen-bond donors (Lipinski definition) is 0. The molecule has 31 heavy (non-hydrogen) atoms. The van der Waals surface area contributed by atoms with Gasteiger partial charge < -0.3 is 14.1 Å². The molecule has 0 unspecified atom stereocenters. The molecule has 1 aliphatic heterocycles. The predicted octanol–water partition coefficient (Wildman–Crippen LogP) is 2.66. The molecule has 0 aliphatic carbocycles. The van der Waals surface area contributed by atoms with Crippen molar-refractivity contribution < 1.29 is 27.2 Å². The zero-order valence-electron chi connectivity index (χ0n) is 16.7. The molecule has 2 aromatic carbocycles. The molecule has 0 N–H and O–H groups in total. The lowest BCUT2D eigenvalue weighted by Crippen LogP contribution is -2.42. The van der Waals surface area contributed by atoms with Gasteiger partial charge >= 0.3 is 0 Å². The monoisotopic (exact) mass is 440 g/mol. The minimum Gasteiger partial charge on any atom is -0.497 e. The molecule has 0 radical (unpaired) electrons. The maximum absolute atomic E-state index is 13.1. The number of carbonyl (C=O) groups is 2. The van der Waals surface area contributed by atoms with E-state index in [4.69, 9.17) is 9.15 Å². The van der Waals surface area contributed by atoms with Gasteiger partial charge in [-0.05, 0) is 42.0 Å². The number of rotatable bonds is 7. The summed E-state index contributed by atoms with van der Waals surface area (Å²) in [4.78, 5) is 27.2. The van der Waals surface area contributed by atoms with Crippen LogP contribution in [0, 0.1) is 0 Å². The fraction of sp³-hybridized carbons (Fsp3) is 0.182. The molecule has 0 saturated heterocycles. The third-order valence-electron chi connectivity index (χ3n) is 5.00. The van der Waals surface area contributed by atoms with Crippen LogP contribution in [-0.4, -0.2) is 43.1 Å². The smallest absolute Gasteiger partial charge is 0.269 e. The molecule has 2 heterocycles. The van der Waals surface area contributed by atoms with Gasteiger partial charge in [0.05, 0.1) is 25.5 Å². The second kappa shape index (κ2) is 8.27. The van der Waals surface area contributed by atoms with Crippen LogP contribution in [0.15, 0.2) is 76.2 Å². The van der Waals surface area contributed by atoms with Gasteiger partial charge in [-0.3, -0.25) is 9.59 Å². The fourth-order valence-electron chi connectivity index (χ4n) is 3.38. The maximum atomic E-state index is 13.1. The summed E-state index contributed by atoms with van der Waals surface area (Å²) in [7, 11) is -2.51. The molecule has 2 amide bonds. The van der Waals surface area contributed by atoms with Crippen LogP contribution >= 0.6 is 0 Å². The van der Waals surface area contributed by atoms with Crippen LogP contribution in [0.4, 0.5) is 0 Å². The molecule has 160 valence electrons. The van der Waals surface area contributed by atoms with Crippen molar-refractivity contribution in [1.82, 2.24) is 9.21 Å². The van der Waals surface area contributed by atoms with Gasteiger partial charge in [-0.25, -0.2) is 12.7 Å². The Morgan fingerprint density at radius 2 is 1.77 bits per heavy atom. The first-order valence-electron chi connectivity index (χ1n) is 9.49. The van der Waals surface area contributed by atoms with Crippen molar-refractivity contribution in [2.24, 2.45) is 0 Å². The largest absolute Gasteiger partial charge is 0.497 e. The number of benzene rings is 2. The van der Waals surface area contributed by atoms with Gasteiger partial charge in [0.15, 0.2) is 0 Å². The van der Waals surface area contributed by atoms with Crippen LogP contribution in [0.1, 0.15) is 21.7 Å². The van der Waals surface area contributed by atoms with E-state index in [0.29, 0.717) is 15.8 Å². The Balaban J connectivity index is 1.57. The lowest BCUT2D eigenvalue weighted by Gasteiger charge is -2.24. The highest BCUT2D eigenvalue weighted by atomic mass is 32.2. The van der Waals surface area contributed by atoms with Gasteiger partial charge in [0.1, 0.15) is 22.9 Å². The Hall–Kier alpha value is -3.59. The Morgan fingerprint density at radius 1 is 1.03 bits per heavy atom. The van der Waals surface area contributed by atoms with Crippen molar-refractivity contribution in [3.63, 3.8) is 0 Å². The number of carbonyl (C=O) groups excluding carboxylic acids is 2. The number of furan rings is 1. The number of methoxy groups -OCH3 is 1. The molecule has 4 rings (SSSR count). The van der Waals surface area contributed by atoms with Gasteiger partial charge in [0, 0.05) is 6.54 Å². The van der Waals surface area contributed by atoms with E-state index >= 15 is 0 Å². The topological polar surface area (TPSA) is 97.1 Å². The minimum atomic E-state index is -4.07. The third-order valence-corrected chi connectivity index (χ3v) is 6.79. The average Bonchev–Trinajstić information content (AvgIpc) is 3.35. The highest BCUT2D eigenvalue weighted by Gasteiger charge is 2.42. The first-order valence-corrected chi connectivity index (χ1v) is 10.9. The van der Waals surface area contributed by atoms with E-state index in [0.717, 1.165) is 5.56 Å². The molecular weight excluding hydrogens is 420 g/mol. The minimum absolute atomic E-state index is 0.0723. The zero-order valence-corrected chi connectivity index (χ0v) is 17.5. The summed E-state index contributed by atoms with van der Waals surface area (Å²) >= 11 is 0. The normalized spacial score (nSPS) is 14.4. The third kappa shape index (κ3) is 4.04. The number of amides is 2. The second-order valence-corrected chi connectivity index (χ2v) is 8.82. The fourth-order valence-corrected chi connectivity index (χ4v) is 4.90. The van der Waals surface area contributed by atoms with Crippen LogP contribution in [-0.2, 0) is 27.9 Å². The van der Waals surface area contributed by atoms with Crippen LogP contribution in [0.25, 0.3) is 0 Å². The molecule has 1 aromatic heterocycles. The van der Waals surface area contributed by atoms with Gasteiger partial charge in [0.2, 0.25) is 5.91 Å². The summed E-state index contributed by atoms with van der Waals surface area (Å²) in [6.07, 6.45) is 1.50. The maximum Gasteiger partial charge on any atom is 0.269 e. The molecule has 0 atom stereocenters. The number of nitrogens with zero attached hydrogens (tertiary/aromatic N) is 2. The van der Waals surface area contributed by atoms with Crippen molar-refractivity contribution in [1.29, 1.82) is 0 Å². The molecule has 0 bridgehead atoms. The highest BCUT2D eigenvalue weighted by molar-refractivity contribution is 7.90. The highest BCUT2D eigenvalue weighted by Crippen LogP contribution is 2.30. The molecule has 1 aliphatic rings. The summed E-state index contributed by atoms with van der Waals surface area (Å²) in [5, 5.41) is 0. The van der Waals surface area contributed by atoms with Crippen LogP contribution < -0.4 is 4.74 Å². The van der Waals surface area contributed by atoms with E-state index in [1.807, 2.05) is 12.1 Å². The quantitative estimate of drug-likeness (QED) is 0.560. The molecule has 3 aromatic rings. The summed E-state index contributed by atoms with van der Waals surface area (Å²) in [5.74, 6) is 0.00299. The first kappa shape index (κ1) is 20.7. The summed E-state index contributed by atoms with van der Waals surface area (Å²) in [6, 6.07) is 16.5. The van der Waals surface area contributed by atoms with Gasteiger partial charge in [-0.1, -0.05) is 24.3 Å². The second-order valence-electron chi connectivity index (χ2n) is 6.99. The predicted molar refractivity (Wildman–Crippen MR) is 111 cm³/mol. The van der Waals surface area contributed by atoms with Crippen molar-refractivity contribution >= 4 is 21.8 Å². The number of ether oxygens (including phenoxy) is 1. The van der Waals surface area contributed by atoms with E-state index in [9.17, 15) is 18.0 Å². The van der Waals surface area contributed by atoms with Crippen LogP contribution in [0.5, 0.6) is 5.75 Å². The Labute approximate surface area is 179 Å². The van der Waals surface area contributed by atoms with E-state index in [2.05, 4.69) is 0 Å². The van der Waals surface area contributed by atoms with E-state index < -0.39 is 28.4 Å². The zero-order chi connectivity index (χ0) is 22.0. The molecule has 8 nitrogen and oxygen atoms in total. The van der Waals surface area contributed by atoms with Crippen LogP contribution in [0.3, 0.4) is 0 Å². The summed E-state index contributed by atoms with van der Waals surface area (Å²) in [6.45, 7) is -0.252. The molecule has 9 heteroatoms. The van der Waals surface area contributed by atoms with E-state index in [-0.39, 0.29) is 23.5 Å². The molecule has 0 fully saturated rings. The Bertz CT molecular complexity index is 1200. The van der Waals surface area contributed by atoms with Crippen molar-refractivity contribution in [3.05, 3.63) is 83.8 Å². The van der Waals surface area contributed by atoms with E-state index in [1.54, 1.807) is 43.5 Å². The van der Waals surface area contributed by atoms with E-state index in [1.165, 1.54) is 23.3 Å². The first-order chi connectivity index (χ1) is 14.9. The molecule has 0 saturated carbocycles. The molecular formula is C22H20N2O6S. The SMILES string of the molecule is COc1ccc(CN(Cc2ccco2)C(=O)CN2C(=O)c3ccccc3S2(=O)=O)cc1. The van der Waals surface area contributed by atoms with Crippen molar-refractivity contribution in [2.45, 2.75) is 18.0 Å². The Morgan fingerprint density at radius 3 is 2.42 bits per heavy atom. The lowest BCUT2D eigenvalue weighted by atomic mass is 10.2. The number of fused-ring (bicyclic) bond motifs is 1. The van der Waals surface area contributed by atoms with Gasteiger partial charge in [-0.2, -0.15) is 0 Å². The van der Waals surface area contributed by atoms with Crippen molar-refractivity contribution in [3.8, 4) is 5.75 Å². The Kier molecular flexibility index (Phi) is 5.51.